The largest absolute Gasteiger partial charge is 0.462 e. The molecule has 0 saturated carbocycles. The van der Waals surface area contributed by atoms with Crippen LogP contribution in [0.1, 0.15) is 406 Å². The molecule has 0 aromatic rings. The van der Waals surface area contributed by atoms with Crippen LogP contribution in [0.25, 0.3) is 0 Å². The summed E-state index contributed by atoms with van der Waals surface area (Å²) in [4.78, 5) is 38.5. The standard InChI is InChI=1S/C77H142O6/c1-4-7-10-13-16-19-22-25-28-31-34-36-37-38-39-40-41-42-44-46-49-52-55-58-61-64-67-70-76(79)82-73-74(72-81-75(78)69-66-63-60-57-54-51-48-45-33-30-27-24-21-18-15-12-9-6-3)83-77(80)71-68-65-62-59-56-53-50-47-43-35-32-29-26-23-20-17-14-11-8-5-2/h21-22,24-25,30-31,33-34,74H,4-20,23,26-29,32,35-73H2,1-3H3/b24-21-,25-22-,33-30-,34-31-. The summed E-state index contributed by atoms with van der Waals surface area (Å²) >= 11 is 0. The highest BCUT2D eigenvalue weighted by molar-refractivity contribution is 5.71. The molecule has 0 aliphatic heterocycles. The molecule has 0 rings (SSSR count). The molecule has 0 aliphatic rings. The maximum atomic E-state index is 13.0. The summed E-state index contributed by atoms with van der Waals surface area (Å²) < 4.78 is 17.0. The number of allylic oxidation sites excluding steroid dienone is 8. The fourth-order valence-corrected chi connectivity index (χ4v) is 11.2. The van der Waals surface area contributed by atoms with E-state index in [-0.39, 0.29) is 31.1 Å². The summed E-state index contributed by atoms with van der Waals surface area (Å²) in [5.74, 6) is -0.848. The van der Waals surface area contributed by atoms with E-state index in [0.29, 0.717) is 19.3 Å². The third-order valence-corrected chi connectivity index (χ3v) is 16.8. The van der Waals surface area contributed by atoms with Gasteiger partial charge in [-0.1, -0.05) is 352 Å². The zero-order valence-corrected chi connectivity index (χ0v) is 56.0. The van der Waals surface area contributed by atoms with Crippen LogP contribution < -0.4 is 0 Å². The van der Waals surface area contributed by atoms with Gasteiger partial charge in [0.05, 0.1) is 0 Å². The van der Waals surface area contributed by atoms with Gasteiger partial charge in [-0.25, -0.2) is 0 Å². The van der Waals surface area contributed by atoms with Crippen molar-refractivity contribution >= 4 is 17.9 Å². The maximum Gasteiger partial charge on any atom is 0.306 e. The van der Waals surface area contributed by atoms with Crippen LogP contribution in [0.2, 0.25) is 0 Å². The third kappa shape index (κ3) is 70.0. The van der Waals surface area contributed by atoms with Crippen LogP contribution in [0.4, 0.5) is 0 Å². The second-order valence-corrected chi connectivity index (χ2v) is 25.2. The second kappa shape index (κ2) is 71.8. The topological polar surface area (TPSA) is 78.9 Å². The first-order valence-corrected chi connectivity index (χ1v) is 37.1. The Morgan fingerprint density at radius 3 is 0.675 bits per heavy atom. The summed E-state index contributed by atoms with van der Waals surface area (Å²) in [6, 6.07) is 0. The number of unbranched alkanes of at least 4 members (excludes halogenated alkanes) is 50. The minimum atomic E-state index is -0.776. The number of ether oxygens (including phenoxy) is 3. The van der Waals surface area contributed by atoms with Crippen LogP contribution in [0, 0.1) is 0 Å². The molecule has 0 fully saturated rings. The van der Waals surface area contributed by atoms with Crippen LogP contribution in [-0.2, 0) is 28.6 Å². The molecule has 486 valence electrons. The zero-order chi connectivity index (χ0) is 59.9. The normalized spacial score (nSPS) is 12.3. The van der Waals surface area contributed by atoms with Crippen LogP contribution in [-0.4, -0.2) is 37.2 Å². The van der Waals surface area contributed by atoms with Gasteiger partial charge in [0.15, 0.2) is 6.10 Å². The van der Waals surface area contributed by atoms with E-state index >= 15 is 0 Å². The Balaban J connectivity index is 4.28. The van der Waals surface area contributed by atoms with Crippen molar-refractivity contribution in [2.24, 2.45) is 0 Å². The minimum Gasteiger partial charge on any atom is -0.462 e. The predicted octanol–water partition coefficient (Wildman–Crippen LogP) is 25.7. The Labute approximate surface area is 518 Å². The fraction of sp³-hybridized carbons (Fsp3) is 0.857. The van der Waals surface area contributed by atoms with Gasteiger partial charge in [0.1, 0.15) is 13.2 Å². The lowest BCUT2D eigenvalue weighted by atomic mass is 10.0. The molecule has 6 nitrogen and oxygen atoms in total. The summed E-state index contributed by atoms with van der Waals surface area (Å²) in [5.41, 5.74) is 0. The number of esters is 3. The maximum absolute atomic E-state index is 13.0. The van der Waals surface area contributed by atoms with Crippen LogP contribution in [0.3, 0.4) is 0 Å². The lowest BCUT2D eigenvalue weighted by Crippen LogP contribution is -2.30. The van der Waals surface area contributed by atoms with Crippen LogP contribution in [0.5, 0.6) is 0 Å². The molecule has 1 atom stereocenters. The van der Waals surface area contributed by atoms with Gasteiger partial charge in [0.25, 0.3) is 0 Å². The Bertz CT molecular complexity index is 1430. The summed E-state index contributed by atoms with van der Waals surface area (Å²) in [5, 5.41) is 0. The second-order valence-electron chi connectivity index (χ2n) is 25.2. The van der Waals surface area contributed by atoms with E-state index in [1.165, 1.54) is 289 Å². The Morgan fingerprint density at radius 2 is 0.434 bits per heavy atom. The van der Waals surface area contributed by atoms with Gasteiger partial charge in [-0.15, -0.1) is 0 Å². The molecule has 83 heavy (non-hydrogen) atoms. The van der Waals surface area contributed by atoms with Gasteiger partial charge in [-0.3, -0.25) is 14.4 Å². The molecule has 1 unspecified atom stereocenters. The van der Waals surface area contributed by atoms with E-state index in [0.717, 1.165) is 77.0 Å². The van der Waals surface area contributed by atoms with Gasteiger partial charge >= 0.3 is 17.9 Å². The lowest BCUT2D eigenvalue weighted by Gasteiger charge is -2.18. The van der Waals surface area contributed by atoms with E-state index in [1.54, 1.807) is 0 Å². The van der Waals surface area contributed by atoms with Crippen molar-refractivity contribution in [1.29, 1.82) is 0 Å². The number of rotatable bonds is 69. The molecule has 0 radical (unpaired) electrons. The number of hydrogen-bond acceptors (Lipinski definition) is 6. The molecule has 6 heteroatoms. The Hall–Kier alpha value is -2.63. The van der Waals surface area contributed by atoms with E-state index in [9.17, 15) is 14.4 Å². The van der Waals surface area contributed by atoms with Crippen molar-refractivity contribution in [3.63, 3.8) is 0 Å². The molecule has 0 heterocycles. The first kappa shape index (κ1) is 80.4. The van der Waals surface area contributed by atoms with Crippen molar-refractivity contribution in [1.82, 2.24) is 0 Å². The van der Waals surface area contributed by atoms with E-state index < -0.39 is 6.10 Å². The lowest BCUT2D eigenvalue weighted by molar-refractivity contribution is -0.167. The zero-order valence-electron chi connectivity index (χ0n) is 56.0. The molecule has 0 aliphatic carbocycles. The quantitative estimate of drug-likeness (QED) is 0.0261. The van der Waals surface area contributed by atoms with Crippen LogP contribution in [0.15, 0.2) is 48.6 Å². The molecule has 0 N–H and O–H groups in total. The molecule has 0 amide bonds. The van der Waals surface area contributed by atoms with Crippen molar-refractivity contribution in [2.45, 2.75) is 412 Å². The number of carbonyl (C=O) groups excluding carboxylic acids is 3. The van der Waals surface area contributed by atoms with Crippen molar-refractivity contribution in [3.05, 3.63) is 48.6 Å². The summed E-state index contributed by atoms with van der Waals surface area (Å²) in [6.45, 7) is 6.69. The third-order valence-electron chi connectivity index (χ3n) is 16.8. The predicted molar refractivity (Wildman–Crippen MR) is 362 cm³/mol. The highest BCUT2D eigenvalue weighted by atomic mass is 16.6. The van der Waals surface area contributed by atoms with Gasteiger partial charge in [-0.2, -0.15) is 0 Å². The molecular weight excluding hydrogens is 1020 g/mol. The van der Waals surface area contributed by atoms with Crippen molar-refractivity contribution in [3.8, 4) is 0 Å². The Morgan fingerprint density at radius 1 is 0.241 bits per heavy atom. The molecule has 0 saturated heterocycles. The molecular formula is C77H142O6. The van der Waals surface area contributed by atoms with E-state index in [2.05, 4.69) is 69.4 Å². The van der Waals surface area contributed by atoms with E-state index in [1.807, 2.05) is 0 Å². The van der Waals surface area contributed by atoms with Gasteiger partial charge in [0.2, 0.25) is 0 Å². The minimum absolute atomic E-state index is 0.0707. The first-order chi connectivity index (χ1) is 41.0. The number of carbonyl (C=O) groups is 3. The van der Waals surface area contributed by atoms with Gasteiger partial charge in [-0.05, 0) is 83.5 Å². The highest BCUT2D eigenvalue weighted by Crippen LogP contribution is 2.19. The van der Waals surface area contributed by atoms with Gasteiger partial charge in [0, 0.05) is 19.3 Å². The Kier molecular flexibility index (Phi) is 69.6. The summed E-state index contributed by atoms with van der Waals surface area (Å²) in [7, 11) is 0. The first-order valence-electron chi connectivity index (χ1n) is 37.1. The highest BCUT2D eigenvalue weighted by Gasteiger charge is 2.19. The average molecular weight is 1160 g/mol. The van der Waals surface area contributed by atoms with Crippen molar-refractivity contribution < 1.29 is 28.6 Å². The van der Waals surface area contributed by atoms with Gasteiger partial charge < -0.3 is 14.2 Å². The molecule has 0 spiro atoms. The van der Waals surface area contributed by atoms with Crippen molar-refractivity contribution in [2.75, 3.05) is 13.2 Å². The summed E-state index contributed by atoms with van der Waals surface area (Å²) in [6.07, 6.45) is 91.4. The smallest absolute Gasteiger partial charge is 0.306 e. The molecule has 0 bridgehead atoms. The van der Waals surface area contributed by atoms with E-state index in [4.69, 9.17) is 14.2 Å². The average Bonchev–Trinajstić information content (AvgIpc) is 3.50. The molecule has 0 aromatic carbocycles. The molecule has 0 aromatic heterocycles. The number of hydrogen-bond donors (Lipinski definition) is 0. The fourth-order valence-electron chi connectivity index (χ4n) is 11.2. The monoisotopic (exact) mass is 1160 g/mol. The van der Waals surface area contributed by atoms with Crippen LogP contribution >= 0.6 is 0 Å². The SMILES string of the molecule is CCCCCC/C=C\C/C=C\CCCCCCCCCC(=O)OCC(COC(=O)CCCCCCCCCCCCCCCCC/C=C\C/C=C\CCCCCCC)OC(=O)CCCCCCCCCCCCCCCCCCCCCC.